The number of aliphatic hydroxyl groups is 2. The third-order valence-electron chi connectivity index (χ3n) is 6.21. The predicted octanol–water partition coefficient (Wildman–Crippen LogP) is 4.11. The fourth-order valence-corrected chi connectivity index (χ4v) is 4.49. The average Bonchev–Trinajstić information content (AvgIpc) is 3.32. The standard InChI is InChI=1S/C26H32N2O5/c1-18-14-20(15-19(2)24(18)31-17-22(30)16-29)25-27-23(33-28-25)10-12-26(11-6-7-13-32-26)21-8-4-3-5-9-21/h3-5,8-9,14-15,22,29-30H,6-7,10-13,16-17H2,1-2H3/t22-,26?/m0/s1. The summed E-state index contributed by atoms with van der Waals surface area (Å²) >= 11 is 0. The lowest BCUT2D eigenvalue weighted by molar-refractivity contribution is -0.0901. The second-order valence-electron chi connectivity index (χ2n) is 8.76. The van der Waals surface area contributed by atoms with Gasteiger partial charge in [0.15, 0.2) is 0 Å². The Bertz CT molecular complexity index is 1020. The van der Waals surface area contributed by atoms with E-state index in [9.17, 15) is 5.11 Å². The first kappa shape index (κ1) is 23.4. The average molecular weight is 453 g/mol. The molecule has 0 aliphatic carbocycles. The van der Waals surface area contributed by atoms with Crippen molar-refractivity contribution in [2.75, 3.05) is 19.8 Å². The van der Waals surface area contributed by atoms with Gasteiger partial charge in [-0.3, -0.25) is 0 Å². The Kier molecular flexibility index (Phi) is 7.42. The van der Waals surface area contributed by atoms with Crippen molar-refractivity contribution >= 4 is 0 Å². The summed E-state index contributed by atoms with van der Waals surface area (Å²) in [4.78, 5) is 4.64. The lowest BCUT2D eigenvalue weighted by Crippen LogP contribution is -2.34. The molecule has 1 unspecified atom stereocenters. The Labute approximate surface area is 194 Å². The van der Waals surface area contributed by atoms with Gasteiger partial charge in [0.2, 0.25) is 11.7 Å². The fourth-order valence-electron chi connectivity index (χ4n) is 4.49. The maximum absolute atomic E-state index is 9.56. The first-order chi connectivity index (χ1) is 16.0. The van der Waals surface area contributed by atoms with Gasteiger partial charge in [-0.2, -0.15) is 4.98 Å². The lowest BCUT2D eigenvalue weighted by Gasteiger charge is -2.37. The SMILES string of the molecule is Cc1cc(-c2noc(CCC3(c4ccccc4)CCCCO3)n2)cc(C)c1OC[C@@H](O)CO. The number of aromatic nitrogens is 2. The molecular weight excluding hydrogens is 420 g/mol. The van der Waals surface area contributed by atoms with Gasteiger partial charge >= 0.3 is 0 Å². The van der Waals surface area contributed by atoms with E-state index in [1.54, 1.807) is 0 Å². The molecule has 2 aromatic carbocycles. The molecule has 176 valence electrons. The van der Waals surface area contributed by atoms with Gasteiger partial charge in [0.05, 0.1) is 12.2 Å². The molecule has 1 aromatic heterocycles. The van der Waals surface area contributed by atoms with Gasteiger partial charge in [-0.25, -0.2) is 0 Å². The van der Waals surface area contributed by atoms with Gasteiger partial charge in [0.1, 0.15) is 18.5 Å². The van der Waals surface area contributed by atoms with Crippen LogP contribution in [0.25, 0.3) is 11.4 Å². The van der Waals surface area contributed by atoms with E-state index in [0.717, 1.165) is 49.0 Å². The van der Waals surface area contributed by atoms with Crippen LogP contribution in [-0.4, -0.2) is 46.3 Å². The highest BCUT2D eigenvalue weighted by Gasteiger charge is 2.35. The van der Waals surface area contributed by atoms with E-state index in [1.807, 2.05) is 32.0 Å². The van der Waals surface area contributed by atoms with Crippen LogP contribution in [0.1, 0.15) is 48.3 Å². The molecule has 7 nitrogen and oxygen atoms in total. The second-order valence-corrected chi connectivity index (χ2v) is 8.76. The Morgan fingerprint density at radius 2 is 1.88 bits per heavy atom. The third kappa shape index (κ3) is 5.43. The van der Waals surface area contributed by atoms with E-state index >= 15 is 0 Å². The van der Waals surface area contributed by atoms with Gasteiger partial charge in [0.25, 0.3) is 0 Å². The van der Waals surface area contributed by atoms with Crippen LogP contribution in [0.4, 0.5) is 0 Å². The number of benzene rings is 2. The molecule has 1 aliphatic rings. The number of hydrogen-bond donors (Lipinski definition) is 2. The Morgan fingerprint density at radius 1 is 1.12 bits per heavy atom. The molecule has 0 amide bonds. The van der Waals surface area contributed by atoms with E-state index in [1.165, 1.54) is 5.56 Å². The topological polar surface area (TPSA) is 97.8 Å². The molecule has 2 heterocycles. The van der Waals surface area contributed by atoms with E-state index in [4.69, 9.17) is 19.1 Å². The maximum atomic E-state index is 9.56. The summed E-state index contributed by atoms with van der Waals surface area (Å²) in [6.45, 7) is 4.34. The normalized spacial score (nSPS) is 19.4. The largest absolute Gasteiger partial charge is 0.490 e. The van der Waals surface area contributed by atoms with E-state index < -0.39 is 6.10 Å². The molecule has 1 fully saturated rings. The quantitative estimate of drug-likeness (QED) is 0.504. The van der Waals surface area contributed by atoms with Crippen LogP contribution in [0.15, 0.2) is 47.0 Å². The van der Waals surface area contributed by atoms with Crippen LogP contribution < -0.4 is 4.74 Å². The number of aryl methyl sites for hydroxylation is 3. The highest BCUT2D eigenvalue weighted by Crippen LogP contribution is 2.39. The summed E-state index contributed by atoms with van der Waals surface area (Å²) in [5, 5.41) is 22.7. The van der Waals surface area contributed by atoms with Crippen molar-refractivity contribution in [2.24, 2.45) is 0 Å². The summed E-state index contributed by atoms with van der Waals surface area (Å²) in [5.41, 5.74) is 3.55. The van der Waals surface area contributed by atoms with Crippen LogP contribution in [-0.2, 0) is 16.8 Å². The van der Waals surface area contributed by atoms with Crippen LogP contribution in [0.2, 0.25) is 0 Å². The van der Waals surface area contributed by atoms with Gasteiger partial charge in [-0.05, 0) is 68.4 Å². The van der Waals surface area contributed by atoms with Gasteiger partial charge in [0, 0.05) is 18.6 Å². The lowest BCUT2D eigenvalue weighted by atomic mass is 9.82. The van der Waals surface area contributed by atoms with Crippen molar-refractivity contribution in [1.82, 2.24) is 10.1 Å². The summed E-state index contributed by atoms with van der Waals surface area (Å²) in [6.07, 6.45) is 3.75. The zero-order valence-electron chi connectivity index (χ0n) is 19.3. The number of ether oxygens (including phenoxy) is 2. The zero-order chi connectivity index (χ0) is 23.3. The van der Waals surface area contributed by atoms with Crippen molar-refractivity contribution in [1.29, 1.82) is 0 Å². The minimum atomic E-state index is -0.907. The molecule has 33 heavy (non-hydrogen) atoms. The van der Waals surface area contributed by atoms with Gasteiger partial charge < -0.3 is 24.2 Å². The molecule has 2 atom stereocenters. The van der Waals surface area contributed by atoms with E-state index in [0.29, 0.717) is 23.9 Å². The minimum absolute atomic E-state index is 0.0368. The maximum Gasteiger partial charge on any atom is 0.227 e. The van der Waals surface area contributed by atoms with Crippen molar-refractivity contribution in [3.63, 3.8) is 0 Å². The smallest absolute Gasteiger partial charge is 0.227 e. The molecule has 0 spiro atoms. The van der Waals surface area contributed by atoms with Gasteiger partial charge in [-0.1, -0.05) is 35.5 Å². The fraction of sp³-hybridized carbons (Fsp3) is 0.462. The second kappa shape index (κ2) is 10.5. The highest BCUT2D eigenvalue weighted by atomic mass is 16.5. The summed E-state index contributed by atoms with van der Waals surface area (Å²) < 4.78 is 17.6. The summed E-state index contributed by atoms with van der Waals surface area (Å²) in [5.74, 6) is 1.82. The highest BCUT2D eigenvalue weighted by molar-refractivity contribution is 5.61. The molecule has 1 saturated heterocycles. The van der Waals surface area contributed by atoms with E-state index in [2.05, 4.69) is 34.4 Å². The Balaban J connectivity index is 1.48. The molecule has 2 N–H and O–H groups in total. The molecule has 4 rings (SSSR count). The van der Waals surface area contributed by atoms with Crippen molar-refractivity contribution in [3.8, 4) is 17.1 Å². The summed E-state index contributed by atoms with van der Waals surface area (Å²) in [7, 11) is 0. The number of nitrogens with zero attached hydrogens (tertiary/aromatic N) is 2. The van der Waals surface area contributed by atoms with Crippen LogP contribution in [0, 0.1) is 13.8 Å². The minimum Gasteiger partial charge on any atom is -0.490 e. The zero-order valence-corrected chi connectivity index (χ0v) is 19.3. The molecule has 0 radical (unpaired) electrons. The number of rotatable bonds is 9. The Hall–Kier alpha value is -2.74. The molecule has 3 aromatic rings. The van der Waals surface area contributed by atoms with E-state index in [-0.39, 0.29) is 18.8 Å². The molecular formula is C26H32N2O5. The van der Waals surface area contributed by atoms with Gasteiger partial charge in [-0.15, -0.1) is 0 Å². The first-order valence-corrected chi connectivity index (χ1v) is 11.6. The Morgan fingerprint density at radius 3 is 2.55 bits per heavy atom. The number of hydrogen-bond acceptors (Lipinski definition) is 7. The van der Waals surface area contributed by atoms with Crippen molar-refractivity contribution in [3.05, 3.63) is 65.0 Å². The molecule has 0 bridgehead atoms. The molecule has 1 aliphatic heterocycles. The molecule has 7 heteroatoms. The van der Waals surface area contributed by atoms with Crippen molar-refractivity contribution < 1.29 is 24.2 Å². The third-order valence-corrected chi connectivity index (χ3v) is 6.21. The van der Waals surface area contributed by atoms with Crippen LogP contribution >= 0.6 is 0 Å². The van der Waals surface area contributed by atoms with Crippen molar-refractivity contribution in [2.45, 2.75) is 57.7 Å². The molecule has 0 saturated carbocycles. The monoisotopic (exact) mass is 452 g/mol. The summed E-state index contributed by atoms with van der Waals surface area (Å²) in [6, 6.07) is 14.3. The van der Waals surface area contributed by atoms with Crippen LogP contribution in [0.5, 0.6) is 5.75 Å². The number of aliphatic hydroxyl groups excluding tert-OH is 2. The predicted molar refractivity (Wildman–Crippen MR) is 124 cm³/mol. The first-order valence-electron chi connectivity index (χ1n) is 11.6. The van der Waals surface area contributed by atoms with Crippen LogP contribution in [0.3, 0.4) is 0 Å².